The van der Waals surface area contributed by atoms with Gasteiger partial charge in [-0.15, -0.1) is 24.0 Å². The third kappa shape index (κ3) is 8.39. The van der Waals surface area contributed by atoms with Gasteiger partial charge in [-0.05, 0) is 43.2 Å². The Morgan fingerprint density at radius 3 is 2.71 bits per heavy atom. The number of methoxy groups -OCH3 is 1. The van der Waals surface area contributed by atoms with E-state index in [1.54, 1.807) is 20.4 Å². The van der Waals surface area contributed by atoms with Gasteiger partial charge in [0.05, 0.1) is 20.0 Å². The molecule has 2 rings (SSSR count). The zero-order chi connectivity index (χ0) is 19.3. The zero-order valence-electron chi connectivity index (χ0n) is 16.7. The van der Waals surface area contributed by atoms with Gasteiger partial charge >= 0.3 is 0 Å². The molecule has 0 aliphatic heterocycles. The summed E-state index contributed by atoms with van der Waals surface area (Å²) in [6, 6.07) is 9.66. The minimum absolute atomic E-state index is 0. The van der Waals surface area contributed by atoms with Crippen molar-refractivity contribution >= 4 is 29.9 Å². The molecule has 0 amide bonds. The summed E-state index contributed by atoms with van der Waals surface area (Å²) in [7, 11) is 3.39. The van der Waals surface area contributed by atoms with Gasteiger partial charge in [-0.1, -0.05) is 6.07 Å². The van der Waals surface area contributed by atoms with Crippen LogP contribution in [0.4, 0.5) is 0 Å². The summed E-state index contributed by atoms with van der Waals surface area (Å²) in [6.07, 6.45) is 2.52. The van der Waals surface area contributed by atoms with Crippen LogP contribution in [0.15, 0.2) is 46.0 Å². The number of benzene rings is 1. The Morgan fingerprint density at radius 2 is 2.04 bits per heavy atom. The first kappa shape index (κ1) is 24.1. The first-order chi connectivity index (χ1) is 13.3. The molecular weight excluding hydrogens is 473 g/mol. The number of halogens is 1. The van der Waals surface area contributed by atoms with E-state index in [1.165, 1.54) is 0 Å². The normalized spacial score (nSPS) is 10.9. The van der Waals surface area contributed by atoms with Crippen molar-refractivity contribution < 1.29 is 18.6 Å². The van der Waals surface area contributed by atoms with Crippen LogP contribution in [-0.2, 0) is 17.9 Å². The van der Waals surface area contributed by atoms with Crippen LogP contribution in [0.3, 0.4) is 0 Å². The highest BCUT2D eigenvalue weighted by molar-refractivity contribution is 14.0. The molecule has 1 heterocycles. The van der Waals surface area contributed by atoms with E-state index in [4.69, 9.17) is 18.6 Å². The number of furan rings is 1. The molecule has 2 N–H and O–H groups in total. The lowest BCUT2D eigenvalue weighted by Gasteiger charge is -2.14. The summed E-state index contributed by atoms with van der Waals surface area (Å²) >= 11 is 0. The van der Waals surface area contributed by atoms with E-state index < -0.39 is 0 Å². The van der Waals surface area contributed by atoms with Crippen LogP contribution in [-0.4, -0.2) is 39.9 Å². The van der Waals surface area contributed by atoms with Crippen molar-refractivity contribution in [1.82, 2.24) is 10.6 Å². The van der Waals surface area contributed by atoms with Gasteiger partial charge in [0, 0.05) is 26.7 Å². The molecule has 0 spiro atoms. The van der Waals surface area contributed by atoms with E-state index in [9.17, 15) is 0 Å². The lowest BCUT2D eigenvalue weighted by molar-refractivity contribution is 0.105. The maximum absolute atomic E-state index is 5.56. The molecule has 0 fully saturated rings. The Labute approximate surface area is 183 Å². The molecule has 1 aromatic carbocycles. The first-order valence-electron chi connectivity index (χ1n) is 9.11. The van der Waals surface area contributed by atoms with Crippen LogP contribution in [0.2, 0.25) is 0 Å². The maximum Gasteiger partial charge on any atom is 0.191 e. The minimum Gasteiger partial charge on any atom is -0.493 e. The van der Waals surface area contributed by atoms with Gasteiger partial charge in [-0.3, -0.25) is 4.99 Å². The van der Waals surface area contributed by atoms with E-state index >= 15 is 0 Å². The average molecular weight is 503 g/mol. The Hall–Kier alpha value is -1.94. The van der Waals surface area contributed by atoms with Crippen molar-refractivity contribution in [2.75, 3.05) is 33.9 Å². The molecule has 2 aromatic rings. The molecule has 0 saturated carbocycles. The van der Waals surface area contributed by atoms with Crippen molar-refractivity contribution in [3.05, 3.63) is 47.9 Å². The van der Waals surface area contributed by atoms with Crippen molar-refractivity contribution in [2.24, 2.45) is 4.99 Å². The summed E-state index contributed by atoms with van der Waals surface area (Å²) < 4.78 is 21.7. The largest absolute Gasteiger partial charge is 0.493 e. The highest BCUT2D eigenvalue weighted by atomic mass is 127. The molecular formula is C20H30IN3O4. The van der Waals surface area contributed by atoms with Gasteiger partial charge < -0.3 is 29.3 Å². The number of rotatable bonds is 11. The van der Waals surface area contributed by atoms with Crippen LogP contribution in [0.1, 0.15) is 24.7 Å². The van der Waals surface area contributed by atoms with Gasteiger partial charge in [-0.25, -0.2) is 0 Å². The lowest BCUT2D eigenvalue weighted by atomic mass is 10.2. The standard InChI is InChI=1S/C20H29N3O4.HI/c1-4-26-18-9-8-16(13-19(18)24-3)14-23-20(21-2)22-10-6-11-25-15-17-7-5-12-27-17;/h5,7-9,12-13H,4,6,10-11,14-15H2,1-3H3,(H2,21,22,23);1H. The average Bonchev–Trinajstić information content (AvgIpc) is 3.21. The van der Waals surface area contributed by atoms with Crippen LogP contribution in [0, 0.1) is 0 Å². The highest BCUT2D eigenvalue weighted by Crippen LogP contribution is 2.27. The number of aliphatic imine (C=N–C) groups is 1. The van der Waals surface area contributed by atoms with E-state index in [0.29, 0.717) is 26.4 Å². The van der Waals surface area contributed by atoms with Crippen LogP contribution < -0.4 is 20.1 Å². The molecule has 0 saturated heterocycles. The topological polar surface area (TPSA) is 77.2 Å². The number of hydrogen-bond acceptors (Lipinski definition) is 5. The fraction of sp³-hybridized carbons (Fsp3) is 0.450. The van der Waals surface area contributed by atoms with Gasteiger partial charge in [-0.2, -0.15) is 0 Å². The van der Waals surface area contributed by atoms with Crippen molar-refractivity contribution in [3.8, 4) is 11.5 Å². The maximum atomic E-state index is 5.56. The zero-order valence-corrected chi connectivity index (χ0v) is 19.0. The van der Waals surface area contributed by atoms with Crippen molar-refractivity contribution in [3.63, 3.8) is 0 Å². The Bertz CT molecular complexity index is 693. The Morgan fingerprint density at radius 1 is 1.18 bits per heavy atom. The molecule has 0 aliphatic rings. The Balaban J connectivity index is 0.00000392. The lowest BCUT2D eigenvalue weighted by Crippen LogP contribution is -2.37. The summed E-state index contributed by atoms with van der Waals surface area (Å²) in [4.78, 5) is 4.23. The van der Waals surface area contributed by atoms with Crippen molar-refractivity contribution in [2.45, 2.75) is 26.5 Å². The van der Waals surface area contributed by atoms with Crippen LogP contribution in [0.25, 0.3) is 0 Å². The molecule has 1 aromatic heterocycles. The molecule has 0 atom stereocenters. The number of hydrogen-bond donors (Lipinski definition) is 2. The van der Waals surface area contributed by atoms with Crippen LogP contribution in [0.5, 0.6) is 11.5 Å². The van der Waals surface area contributed by atoms with Crippen LogP contribution >= 0.6 is 24.0 Å². The van der Waals surface area contributed by atoms with Crippen molar-refractivity contribution in [1.29, 1.82) is 0 Å². The third-order valence-electron chi connectivity index (χ3n) is 3.79. The van der Waals surface area contributed by atoms with Gasteiger partial charge in [0.1, 0.15) is 12.4 Å². The molecule has 0 bridgehead atoms. The van der Waals surface area contributed by atoms with Gasteiger partial charge in [0.2, 0.25) is 0 Å². The summed E-state index contributed by atoms with van der Waals surface area (Å²) in [5.41, 5.74) is 1.08. The summed E-state index contributed by atoms with van der Waals surface area (Å²) in [6.45, 7) is 5.12. The second-order valence-corrected chi connectivity index (χ2v) is 5.76. The number of guanidine groups is 1. The SMILES string of the molecule is CCOc1ccc(CNC(=NC)NCCCOCc2ccco2)cc1OC.I. The molecule has 28 heavy (non-hydrogen) atoms. The third-order valence-corrected chi connectivity index (χ3v) is 3.79. The second kappa shape index (κ2) is 14.1. The predicted molar refractivity (Wildman–Crippen MR) is 121 cm³/mol. The number of nitrogens with zero attached hydrogens (tertiary/aromatic N) is 1. The fourth-order valence-corrected chi connectivity index (χ4v) is 2.45. The summed E-state index contributed by atoms with van der Waals surface area (Å²) in [5, 5.41) is 6.56. The molecule has 156 valence electrons. The smallest absolute Gasteiger partial charge is 0.191 e. The summed E-state index contributed by atoms with van der Waals surface area (Å²) in [5.74, 6) is 3.06. The minimum atomic E-state index is 0. The van der Waals surface area contributed by atoms with Gasteiger partial charge in [0.15, 0.2) is 17.5 Å². The number of nitrogens with one attached hydrogen (secondary N) is 2. The second-order valence-electron chi connectivity index (χ2n) is 5.76. The molecule has 7 nitrogen and oxygen atoms in total. The monoisotopic (exact) mass is 503 g/mol. The molecule has 0 unspecified atom stereocenters. The highest BCUT2D eigenvalue weighted by Gasteiger charge is 2.06. The van der Waals surface area contributed by atoms with E-state index in [-0.39, 0.29) is 24.0 Å². The molecule has 0 aliphatic carbocycles. The Kier molecular flexibility index (Phi) is 12.1. The first-order valence-corrected chi connectivity index (χ1v) is 9.11. The van der Waals surface area contributed by atoms with E-state index in [0.717, 1.165) is 41.7 Å². The fourth-order valence-electron chi connectivity index (χ4n) is 2.45. The van der Waals surface area contributed by atoms with E-state index in [2.05, 4.69) is 15.6 Å². The molecule has 0 radical (unpaired) electrons. The predicted octanol–water partition coefficient (Wildman–Crippen LogP) is 3.58. The van der Waals surface area contributed by atoms with Gasteiger partial charge in [0.25, 0.3) is 0 Å². The molecule has 8 heteroatoms. The van der Waals surface area contributed by atoms with E-state index in [1.807, 2.05) is 37.3 Å². The quantitative estimate of drug-likeness (QED) is 0.211. The number of ether oxygens (including phenoxy) is 3.